The van der Waals surface area contributed by atoms with Crippen LogP contribution in [-0.4, -0.2) is 11.7 Å². The fourth-order valence-electron chi connectivity index (χ4n) is 1.13. The number of phenolic OH excluding ortho intramolecular Hbond substituents is 1. The van der Waals surface area contributed by atoms with E-state index in [1.165, 1.54) is 0 Å². The molecule has 0 saturated carbocycles. The first-order valence-corrected chi connectivity index (χ1v) is 4.23. The van der Waals surface area contributed by atoms with Gasteiger partial charge in [-0.25, -0.2) is 0 Å². The second-order valence-electron chi connectivity index (χ2n) is 2.55. The number of hydrogen-bond donors (Lipinski definition) is 1. The van der Waals surface area contributed by atoms with Gasteiger partial charge in [0.1, 0.15) is 0 Å². The summed E-state index contributed by atoms with van der Waals surface area (Å²) in [7, 11) is 0. The topological polar surface area (TPSA) is 29.5 Å². The Bertz CT molecular complexity index is 256. The van der Waals surface area contributed by atoms with Gasteiger partial charge in [-0.3, -0.25) is 0 Å². The number of para-hydroxylation sites is 1. The van der Waals surface area contributed by atoms with Crippen molar-refractivity contribution in [3.05, 3.63) is 23.8 Å². The molecule has 0 spiro atoms. The number of aryl methyl sites for hydroxylation is 1. The summed E-state index contributed by atoms with van der Waals surface area (Å²) in [6, 6.07) is 5.57. The Morgan fingerprint density at radius 3 is 2.67 bits per heavy atom. The largest absolute Gasteiger partial charge is 0.504 e. The minimum absolute atomic E-state index is 0.279. The zero-order chi connectivity index (χ0) is 8.97. The molecular formula is C10H14O2. The first kappa shape index (κ1) is 8.91. The molecule has 0 aliphatic carbocycles. The number of rotatable bonds is 3. The highest BCUT2D eigenvalue weighted by molar-refractivity contribution is 5.45. The van der Waals surface area contributed by atoms with E-state index in [-0.39, 0.29) is 5.75 Å². The van der Waals surface area contributed by atoms with Gasteiger partial charge < -0.3 is 9.84 Å². The number of hydrogen-bond acceptors (Lipinski definition) is 2. The van der Waals surface area contributed by atoms with Gasteiger partial charge >= 0.3 is 0 Å². The van der Waals surface area contributed by atoms with E-state index in [0.717, 1.165) is 12.0 Å². The van der Waals surface area contributed by atoms with Gasteiger partial charge in [-0.15, -0.1) is 0 Å². The lowest BCUT2D eigenvalue weighted by Gasteiger charge is -2.07. The molecule has 0 unspecified atom stereocenters. The first-order chi connectivity index (χ1) is 5.79. The predicted molar refractivity (Wildman–Crippen MR) is 48.7 cm³/mol. The Balaban J connectivity index is 2.97. The zero-order valence-corrected chi connectivity index (χ0v) is 7.50. The summed E-state index contributed by atoms with van der Waals surface area (Å²) < 4.78 is 5.23. The summed E-state index contributed by atoms with van der Waals surface area (Å²) in [6.07, 6.45) is 0.826. The highest BCUT2D eigenvalue weighted by atomic mass is 16.5. The van der Waals surface area contributed by atoms with Gasteiger partial charge in [-0.05, 0) is 25.0 Å². The summed E-state index contributed by atoms with van der Waals surface area (Å²) in [4.78, 5) is 0. The minimum atomic E-state index is 0.279. The Morgan fingerprint density at radius 1 is 1.33 bits per heavy atom. The van der Waals surface area contributed by atoms with E-state index in [9.17, 15) is 5.11 Å². The van der Waals surface area contributed by atoms with Crippen LogP contribution in [0, 0.1) is 0 Å². The van der Waals surface area contributed by atoms with Gasteiger partial charge in [0.2, 0.25) is 0 Å². The Morgan fingerprint density at radius 2 is 2.08 bits per heavy atom. The summed E-state index contributed by atoms with van der Waals surface area (Å²) in [6.45, 7) is 4.49. The molecule has 1 N–H and O–H groups in total. The van der Waals surface area contributed by atoms with E-state index in [2.05, 4.69) is 0 Å². The van der Waals surface area contributed by atoms with Crippen LogP contribution < -0.4 is 4.74 Å². The van der Waals surface area contributed by atoms with Crippen molar-refractivity contribution in [1.82, 2.24) is 0 Å². The predicted octanol–water partition coefficient (Wildman–Crippen LogP) is 2.35. The lowest BCUT2D eigenvalue weighted by atomic mass is 10.1. The maximum atomic E-state index is 9.59. The maximum absolute atomic E-state index is 9.59. The van der Waals surface area contributed by atoms with Crippen LogP contribution in [0.15, 0.2) is 18.2 Å². The molecule has 1 rings (SSSR count). The molecule has 0 atom stereocenters. The van der Waals surface area contributed by atoms with E-state index in [4.69, 9.17) is 4.74 Å². The molecule has 1 aromatic rings. The summed E-state index contributed by atoms with van der Waals surface area (Å²) in [5, 5.41) is 9.59. The molecule has 12 heavy (non-hydrogen) atoms. The van der Waals surface area contributed by atoms with Gasteiger partial charge in [0.05, 0.1) is 6.61 Å². The molecule has 0 radical (unpaired) electrons. The fraction of sp³-hybridized carbons (Fsp3) is 0.400. The fourth-order valence-corrected chi connectivity index (χ4v) is 1.13. The van der Waals surface area contributed by atoms with Crippen LogP contribution in [0.2, 0.25) is 0 Å². The lowest BCUT2D eigenvalue weighted by Crippen LogP contribution is -1.93. The van der Waals surface area contributed by atoms with Crippen LogP contribution >= 0.6 is 0 Å². The average Bonchev–Trinajstić information content (AvgIpc) is 2.09. The molecule has 0 amide bonds. The molecule has 0 saturated heterocycles. The van der Waals surface area contributed by atoms with Crippen LogP contribution in [0.5, 0.6) is 11.5 Å². The molecule has 2 nitrogen and oxygen atoms in total. The van der Waals surface area contributed by atoms with E-state index < -0.39 is 0 Å². The molecule has 1 aromatic carbocycles. The molecule has 0 aliphatic heterocycles. The molecule has 2 heteroatoms. The van der Waals surface area contributed by atoms with Crippen molar-refractivity contribution in [3.8, 4) is 11.5 Å². The molecule has 0 bridgehead atoms. The Hall–Kier alpha value is -1.18. The van der Waals surface area contributed by atoms with Crippen molar-refractivity contribution in [2.45, 2.75) is 20.3 Å². The third-order valence-electron chi connectivity index (χ3n) is 1.76. The number of aromatic hydroxyl groups is 1. The van der Waals surface area contributed by atoms with Gasteiger partial charge in [-0.2, -0.15) is 0 Å². The zero-order valence-electron chi connectivity index (χ0n) is 7.50. The molecular weight excluding hydrogens is 152 g/mol. The standard InChI is InChI=1S/C10H14O2/c1-3-8-6-5-7-9(10(8)11)12-4-2/h5-7,11H,3-4H2,1-2H3. The van der Waals surface area contributed by atoms with Crippen molar-refractivity contribution in [1.29, 1.82) is 0 Å². The van der Waals surface area contributed by atoms with Gasteiger partial charge in [0, 0.05) is 0 Å². The van der Waals surface area contributed by atoms with Gasteiger partial charge in [0.15, 0.2) is 11.5 Å². The van der Waals surface area contributed by atoms with Crippen molar-refractivity contribution in [2.75, 3.05) is 6.61 Å². The van der Waals surface area contributed by atoms with Crippen LogP contribution in [0.25, 0.3) is 0 Å². The quantitative estimate of drug-likeness (QED) is 0.746. The second kappa shape index (κ2) is 4.00. The highest BCUT2D eigenvalue weighted by Gasteiger charge is 2.04. The van der Waals surface area contributed by atoms with Crippen LogP contribution in [0.3, 0.4) is 0 Å². The summed E-state index contributed by atoms with van der Waals surface area (Å²) >= 11 is 0. The lowest BCUT2D eigenvalue weighted by molar-refractivity contribution is 0.317. The SMILES string of the molecule is CCOc1cccc(CC)c1O. The second-order valence-corrected chi connectivity index (χ2v) is 2.55. The van der Waals surface area contributed by atoms with Gasteiger partial charge in [-0.1, -0.05) is 19.1 Å². The number of phenols is 1. The van der Waals surface area contributed by atoms with E-state index in [1.807, 2.05) is 26.0 Å². The monoisotopic (exact) mass is 166 g/mol. The van der Waals surface area contributed by atoms with Crippen molar-refractivity contribution < 1.29 is 9.84 Å². The normalized spacial score (nSPS) is 9.83. The minimum Gasteiger partial charge on any atom is -0.504 e. The molecule has 0 fully saturated rings. The Labute approximate surface area is 72.8 Å². The molecule has 0 heterocycles. The van der Waals surface area contributed by atoms with Crippen molar-refractivity contribution in [2.24, 2.45) is 0 Å². The van der Waals surface area contributed by atoms with E-state index in [1.54, 1.807) is 6.07 Å². The van der Waals surface area contributed by atoms with Crippen LogP contribution in [0.4, 0.5) is 0 Å². The van der Waals surface area contributed by atoms with Crippen LogP contribution in [0.1, 0.15) is 19.4 Å². The van der Waals surface area contributed by atoms with Crippen molar-refractivity contribution in [3.63, 3.8) is 0 Å². The maximum Gasteiger partial charge on any atom is 0.161 e. The average molecular weight is 166 g/mol. The summed E-state index contributed by atoms with van der Waals surface area (Å²) in [5.41, 5.74) is 0.931. The van der Waals surface area contributed by atoms with E-state index >= 15 is 0 Å². The summed E-state index contributed by atoms with van der Waals surface area (Å²) in [5.74, 6) is 0.860. The molecule has 0 aliphatic rings. The molecule has 0 aromatic heterocycles. The number of benzene rings is 1. The van der Waals surface area contributed by atoms with Crippen LogP contribution in [-0.2, 0) is 6.42 Å². The highest BCUT2D eigenvalue weighted by Crippen LogP contribution is 2.29. The number of ether oxygens (including phenoxy) is 1. The first-order valence-electron chi connectivity index (χ1n) is 4.23. The molecule has 66 valence electrons. The van der Waals surface area contributed by atoms with Crippen molar-refractivity contribution >= 4 is 0 Å². The Kier molecular flexibility index (Phi) is 2.97. The van der Waals surface area contributed by atoms with Gasteiger partial charge in [0.25, 0.3) is 0 Å². The smallest absolute Gasteiger partial charge is 0.161 e. The van der Waals surface area contributed by atoms with E-state index in [0.29, 0.717) is 12.4 Å². The third kappa shape index (κ3) is 1.70. The third-order valence-corrected chi connectivity index (χ3v) is 1.76.